The maximum Gasteiger partial charge on any atom is 0.275 e. The molecule has 0 fully saturated rings. The van der Waals surface area contributed by atoms with Crippen molar-refractivity contribution in [3.8, 4) is 0 Å². The lowest BCUT2D eigenvalue weighted by Crippen LogP contribution is -2.02. The van der Waals surface area contributed by atoms with Gasteiger partial charge in [-0.3, -0.25) is 14.3 Å². The summed E-state index contributed by atoms with van der Waals surface area (Å²) in [6, 6.07) is 9.55. The van der Waals surface area contributed by atoms with Crippen molar-refractivity contribution < 1.29 is 13.5 Å². The van der Waals surface area contributed by atoms with Gasteiger partial charge < -0.3 is 0 Å². The van der Waals surface area contributed by atoms with Crippen LogP contribution in [0.3, 0.4) is 0 Å². The molecule has 7 heteroatoms. The zero-order valence-corrected chi connectivity index (χ0v) is 11.7. The fourth-order valence-electron chi connectivity index (χ4n) is 1.68. The van der Waals surface area contributed by atoms with Crippen LogP contribution in [0.1, 0.15) is 5.56 Å². The number of nitro groups is 1. The van der Waals surface area contributed by atoms with Crippen LogP contribution in [0.25, 0.3) is 0 Å². The molecule has 0 heterocycles. The van der Waals surface area contributed by atoms with Crippen LogP contribution in [-0.4, -0.2) is 9.13 Å². The Bertz CT molecular complexity index is 693. The number of benzene rings is 2. The van der Waals surface area contributed by atoms with Gasteiger partial charge in [0.15, 0.2) is 0 Å². The Morgan fingerprint density at radius 3 is 2.60 bits per heavy atom. The first-order valence-corrected chi connectivity index (χ1v) is 7.24. The zero-order valence-electron chi connectivity index (χ0n) is 10.1. The van der Waals surface area contributed by atoms with E-state index in [4.69, 9.17) is 11.6 Å². The number of nitro benzene ring substituents is 1. The average Bonchev–Trinajstić information content (AvgIpc) is 2.40. The molecule has 1 unspecified atom stereocenters. The molecule has 0 N–H and O–H groups in total. The predicted octanol–water partition coefficient (Wildman–Crippen LogP) is 3.70. The van der Waals surface area contributed by atoms with Crippen molar-refractivity contribution in [3.63, 3.8) is 0 Å². The minimum Gasteiger partial charge on any atom is -0.258 e. The monoisotopic (exact) mass is 313 g/mol. The van der Waals surface area contributed by atoms with Gasteiger partial charge in [-0.2, -0.15) is 0 Å². The summed E-state index contributed by atoms with van der Waals surface area (Å²) in [6.07, 6.45) is 0. The molecule has 0 saturated carbocycles. The molecule has 0 spiro atoms. The number of hydrogen-bond acceptors (Lipinski definition) is 3. The van der Waals surface area contributed by atoms with E-state index in [9.17, 15) is 18.7 Å². The van der Waals surface area contributed by atoms with Crippen LogP contribution in [-0.2, 0) is 16.6 Å². The van der Waals surface area contributed by atoms with Crippen LogP contribution in [0, 0.1) is 15.9 Å². The summed E-state index contributed by atoms with van der Waals surface area (Å²) in [7, 11) is -1.61. The van der Waals surface area contributed by atoms with E-state index in [0.29, 0.717) is 0 Å². The van der Waals surface area contributed by atoms with Gasteiger partial charge in [-0.15, -0.1) is 0 Å². The largest absolute Gasteiger partial charge is 0.275 e. The van der Waals surface area contributed by atoms with Crippen molar-refractivity contribution in [2.24, 2.45) is 0 Å². The molecular weight excluding hydrogens is 305 g/mol. The lowest BCUT2D eigenvalue weighted by atomic mass is 10.2. The summed E-state index contributed by atoms with van der Waals surface area (Å²) < 4.78 is 25.2. The van der Waals surface area contributed by atoms with E-state index in [1.54, 1.807) is 0 Å². The van der Waals surface area contributed by atoms with Gasteiger partial charge in [-0.1, -0.05) is 23.7 Å². The molecule has 104 valence electrons. The van der Waals surface area contributed by atoms with Gasteiger partial charge in [0.05, 0.1) is 32.1 Å². The predicted molar refractivity (Wildman–Crippen MR) is 74.6 cm³/mol. The van der Waals surface area contributed by atoms with Crippen molar-refractivity contribution in [2.75, 3.05) is 0 Å². The minimum absolute atomic E-state index is 0.139. The second-order valence-electron chi connectivity index (χ2n) is 3.94. The van der Waals surface area contributed by atoms with Crippen LogP contribution in [0.2, 0.25) is 5.02 Å². The van der Waals surface area contributed by atoms with Gasteiger partial charge in [-0.25, -0.2) is 4.39 Å². The average molecular weight is 314 g/mol. The molecule has 4 nitrogen and oxygen atoms in total. The molecule has 2 aromatic carbocycles. The molecule has 0 aliphatic carbocycles. The Hall–Kier alpha value is -1.79. The summed E-state index contributed by atoms with van der Waals surface area (Å²) >= 11 is 5.92. The van der Waals surface area contributed by atoms with Gasteiger partial charge in [0.25, 0.3) is 5.69 Å². The first-order chi connectivity index (χ1) is 9.49. The fraction of sp³-hybridized carbons (Fsp3) is 0.0769. The van der Waals surface area contributed by atoms with E-state index >= 15 is 0 Å². The third-order valence-corrected chi connectivity index (χ3v) is 4.31. The number of halogens is 2. The quantitative estimate of drug-likeness (QED) is 0.639. The summed E-state index contributed by atoms with van der Waals surface area (Å²) in [5, 5.41) is 11.1. The molecule has 1 atom stereocenters. The van der Waals surface area contributed by atoms with Gasteiger partial charge in [-0.05, 0) is 24.3 Å². The normalized spacial score (nSPS) is 12.1. The highest BCUT2D eigenvalue weighted by atomic mass is 35.5. The van der Waals surface area contributed by atoms with E-state index in [1.165, 1.54) is 36.4 Å². The summed E-state index contributed by atoms with van der Waals surface area (Å²) in [5.41, 5.74) is -0.0102. The minimum atomic E-state index is -1.61. The molecule has 0 bridgehead atoms. The van der Waals surface area contributed by atoms with Crippen molar-refractivity contribution >= 4 is 28.1 Å². The van der Waals surface area contributed by atoms with Crippen molar-refractivity contribution in [2.45, 2.75) is 10.6 Å². The second kappa shape index (κ2) is 6.11. The smallest absolute Gasteiger partial charge is 0.258 e. The second-order valence-corrected chi connectivity index (χ2v) is 5.80. The zero-order chi connectivity index (χ0) is 14.7. The Balaban J connectivity index is 2.35. The number of rotatable bonds is 4. The van der Waals surface area contributed by atoms with Crippen LogP contribution in [0.5, 0.6) is 0 Å². The lowest BCUT2D eigenvalue weighted by molar-refractivity contribution is -0.385. The first kappa shape index (κ1) is 14.6. The standard InChI is InChI=1S/C13H9ClFNO3S/c14-12-5-2-6-13(16(17)18)11(12)8-20(19)10-4-1-3-9(15)7-10/h1-7H,8H2. The Morgan fingerprint density at radius 2 is 1.95 bits per heavy atom. The molecule has 0 amide bonds. The van der Waals surface area contributed by atoms with Gasteiger partial charge in [0, 0.05) is 11.0 Å². The SMILES string of the molecule is O=[N+]([O-])c1cccc(Cl)c1CS(=O)c1cccc(F)c1. The highest BCUT2D eigenvalue weighted by Gasteiger charge is 2.19. The Kier molecular flexibility index (Phi) is 4.46. The highest BCUT2D eigenvalue weighted by Crippen LogP contribution is 2.28. The van der Waals surface area contributed by atoms with Gasteiger partial charge in [0.2, 0.25) is 0 Å². The van der Waals surface area contributed by atoms with E-state index in [2.05, 4.69) is 0 Å². The third-order valence-electron chi connectivity index (χ3n) is 2.63. The van der Waals surface area contributed by atoms with Crippen molar-refractivity contribution in [3.05, 3.63) is 69.0 Å². The molecule has 0 aliphatic rings. The van der Waals surface area contributed by atoms with Gasteiger partial charge in [0.1, 0.15) is 5.82 Å². The van der Waals surface area contributed by atoms with E-state index < -0.39 is 21.5 Å². The van der Waals surface area contributed by atoms with E-state index in [1.807, 2.05) is 0 Å². The topological polar surface area (TPSA) is 60.2 Å². The molecule has 0 saturated heterocycles. The number of hydrogen-bond donors (Lipinski definition) is 0. The van der Waals surface area contributed by atoms with Gasteiger partial charge >= 0.3 is 0 Å². The number of nitrogens with zero attached hydrogens (tertiary/aromatic N) is 1. The van der Waals surface area contributed by atoms with Crippen molar-refractivity contribution in [1.29, 1.82) is 0 Å². The van der Waals surface area contributed by atoms with Crippen LogP contribution in [0.4, 0.5) is 10.1 Å². The molecule has 2 rings (SSSR count). The molecular formula is C13H9ClFNO3S. The Morgan fingerprint density at radius 1 is 1.25 bits per heavy atom. The lowest BCUT2D eigenvalue weighted by Gasteiger charge is -2.06. The van der Waals surface area contributed by atoms with Crippen LogP contribution in [0.15, 0.2) is 47.4 Å². The summed E-state index contributed by atoms with van der Waals surface area (Å²) in [4.78, 5) is 10.6. The molecule has 0 aliphatic heterocycles. The van der Waals surface area contributed by atoms with E-state index in [-0.39, 0.29) is 26.9 Å². The van der Waals surface area contributed by atoms with Crippen LogP contribution < -0.4 is 0 Å². The molecule has 2 aromatic rings. The molecule has 0 aromatic heterocycles. The maximum absolute atomic E-state index is 13.1. The van der Waals surface area contributed by atoms with Crippen molar-refractivity contribution in [1.82, 2.24) is 0 Å². The summed E-state index contributed by atoms with van der Waals surface area (Å²) in [6.45, 7) is 0. The third kappa shape index (κ3) is 3.20. The van der Waals surface area contributed by atoms with E-state index in [0.717, 1.165) is 6.07 Å². The summed E-state index contributed by atoms with van der Waals surface area (Å²) in [5.74, 6) is -0.649. The first-order valence-electron chi connectivity index (χ1n) is 5.55. The molecule has 0 radical (unpaired) electrons. The Labute approximate surface area is 121 Å². The maximum atomic E-state index is 13.1. The fourth-order valence-corrected chi connectivity index (χ4v) is 3.21. The molecule has 20 heavy (non-hydrogen) atoms. The highest BCUT2D eigenvalue weighted by molar-refractivity contribution is 7.84. The van der Waals surface area contributed by atoms with Crippen LogP contribution >= 0.6 is 11.6 Å².